The van der Waals surface area contributed by atoms with Gasteiger partial charge < -0.3 is 47.4 Å². The van der Waals surface area contributed by atoms with E-state index in [2.05, 4.69) is 0 Å². The highest BCUT2D eigenvalue weighted by Crippen LogP contribution is 2.35. The summed E-state index contributed by atoms with van der Waals surface area (Å²) < 4.78 is 55.4. The molecule has 2 fully saturated rings. The third kappa shape index (κ3) is 10.7. The molecule has 2 rings (SSSR count). The minimum absolute atomic E-state index is 0.430. The van der Waals surface area contributed by atoms with Crippen molar-refractivity contribution in [3.8, 4) is 0 Å². The number of carbonyl (C=O) groups is 7. The third-order valence-corrected chi connectivity index (χ3v) is 6.16. The largest absolute Gasteiger partial charge is 0.463 e. The van der Waals surface area contributed by atoms with E-state index in [9.17, 15) is 33.6 Å². The molecule has 0 aliphatic carbocycles. The van der Waals surface area contributed by atoms with Gasteiger partial charge in [-0.2, -0.15) is 0 Å². The van der Waals surface area contributed by atoms with Crippen molar-refractivity contribution in [2.24, 2.45) is 0 Å². The highest BCUT2D eigenvalue weighted by atomic mass is 16.8. The molecule has 0 saturated carbocycles. The first kappa shape index (κ1) is 36.4. The normalized spacial score (nSPS) is 31.5. The van der Waals surface area contributed by atoms with E-state index in [4.69, 9.17) is 47.4 Å². The Bertz CT molecular complexity index is 1090. The van der Waals surface area contributed by atoms with Gasteiger partial charge in [0, 0.05) is 48.5 Å². The number of rotatable bonds is 11. The van der Waals surface area contributed by atoms with Crippen LogP contribution in [-0.4, -0.2) is 116 Å². The van der Waals surface area contributed by atoms with E-state index in [1.807, 2.05) is 0 Å². The van der Waals surface area contributed by atoms with Gasteiger partial charge in [-0.1, -0.05) is 0 Å². The Hall–Kier alpha value is -3.83. The highest BCUT2D eigenvalue weighted by molar-refractivity contribution is 5.69. The molecule has 2 aliphatic heterocycles. The Labute approximate surface area is 252 Å². The minimum Gasteiger partial charge on any atom is -0.463 e. The Morgan fingerprint density at radius 1 is 0.455 bits per heavy atom. The van der Waals surface area contributed by atoms with Gasteiger partial charge in [0.05, 0.1) is 6.10 Å². The van der Waals surface area contributed by atoms with Gasteiger partial charge in [0.2, 0.25) is 0 Å². The number of hydrogen-bond donors (Lipinski definition) is 0. The Morgan fingerprint density at radius 3 is 1.25 bits per heavy atom. The van der Waals surface area contributed by atoms with E-state index >= 15 is 0 Å². The summed E-state index contributed by atoms with van der Waals surface area (Å²) in [6, 6.07) is 0. The zero-order valence-electron chi connectivity index (χ0n) is 25.6. The highest BCUT2D eigenvalue weighted by Gasteiger charge is 2.56. The molecule has 10 unspecified atom stereocenters. The maximum Gasteiger partial charge on any atom is 0.303 e. The maximum atomic E-state index is 12.2. The first-order valence-electron chi connectivity index (χ1n) is 13.6. The van der Waals surface area contributed by atoms with Crippen molar-refractivity contribution in [3.63, 3.8) is 0 Å². The van der Waals surface area contributed by atoms with Crippen LogP contribution in [0.3, 0.4) is 0 Å². The molecule has 0 amide bonds. The molecular formula is C27H38O17. The molecule has 2 aliphatic rings. The number of hydrogen-bond acceptors (Lipinski definition) is 17. The van der Waals surface area contributed by atoms with Crippen LogP contribution in [0.15, 0.2) is 0 Å². The summed E-state index contributed by atoms with van der Waals surface area (Å²) in [7, 11) is 0. The summed E-state index contributed by atoms with van der Waals surface area (Å²) >= 11 is 0. The number of ether oxygens (including phenoxy) is 10. The van der Waals surface area contributed by atoms with Crippen molar-refractivity contribution in [2.45, 2.75) is 117 Å². The lowest BCUT2D eigenvalue weighted by Gasteiger charge is -2.48. The van der Waals surface area contributed by atoms with Gasteiger partial charge in [0.1, 0.15) is 31.5 Å². The van der Waals surface area contributed by atoms with Crippen molar-refractivity contribution in [2.75, 3.05) is 13.2 Å². The molecule has 0 spiro atoms. The molecule has 0 bridgehead atoms. The Kier molecular flexibility index (Phi) is 13.5. The fourth-order valence-electron chi connectivity index (χ4n) is 4.73. The lowest BCUT2D eigenvalue weighted by atomic mass is 9.94. The average Bonchev–Trinajstić information content (AvgIpc) is 2.87. The summed E-state index contributed by atoms with van der Waals surface area (Å²) in [5.41, 5.74) is 0. The average molecular weight is 635 g/mol. The molecular weight excluding hydrogens is 596 g/mol. The van der Waals surface area contributed by atoms with Crippen molar-refractivity contribution < 1.29 is 80.9 Å². The quantitative estimate of drug-likeness (QED) is 0.210. The van der Waals surface area contributed by atoms with Crippen LogP contribution in [0.1, 0.15) is 55.4 Å². The molecule has 248 valence electrons. The molecule has 0 aromatic rings. The molecule has 0 aromatic carbocycles. The fraction of sp³-hybridized carbons (Fsp3) is 0.741. The second-order valence-corrected chi connectivity index (χ2v) is 10.00. The van der Waals surface area contributed by atoms with Crippen molar-refractivity contribution in [1.82, 2.24) is 0 Å². The van der Waals surface area contributed by atoms with Gasteiger partial charge >= 0.3 is 41.8 Å². The van der Waals surface area contributed by atoms with E-state index in [1.165, 1.54) is 6.92 Å². The zero-order chi connectivity index (χ0) is 33.3. The minimum atomic E-state index is -1.71. The standard InChI is InChI=1S/C27H38O17/c1-11-21(38-14(4)30)24(40-16(6)32)23(19(37-11)9-35-12(2)28)44-27-26(42-18(8)34)25(41-17(7)33)22(39-15(5)31)20(43-27)10-36-13(3)29/h11,19-27H,9-10H2,1-8H3. The van der Waals surface area contributed by atoms with Crippen LogP contribution >= 0.6 is 0 Å². The van der Waals surface area contributed by atoms with Crippen molar-refractivity contribution in [1.29, 1.82) is 0 Å². The van der Waals surface area contributed by atoms with E-state index in [1.54, 1.807) is 0 Å². The van der Waals surface area contributed by atoms with Crippen LogP contribution in [0.2, 0.25) is 0 Å². The molecule has 17 heteroatoms. The van der Waals surface area contributed by atoms with Gasteiger partial charge in [-0.05, 0) is 6.92 Å². The maximum absolute atomic E-state index is 12.2. The second kappa shape index (κ2) is 16.3. The van der Waals surface area contributed by atoms with Crippen molar-refractivity contribution >= 4 is 41.8 Å². The predicted molar refractivity (Wildman–Crippen MR) is 139 cm³/mol. The van der Waals surface area contributed by atoms with Crippen LogP contribution in [-0.2, 0) is 80.9 Å². The topological polar surface area (TPSA) is 212 Å². The summed E-state index contributed by atoms with van der Waals surface area (Å²) in [5, 5.41) is 0. The summed E-state index contributed by atoms with van der Waals surface area (Å²) in [6.45, 7) is 8.20. The van der Waals surface area contributed by atoms with E-state index in [0.29, 0.717) is 0 Å². The van der Waals surface area contributed by atoms with Crippen LogP contribution in [0.4, 0.5) is 0 Å². The van der Waals surface area contributed by atoms with E-state index in [0.717, 1.165) is 48.5 Å². The monoisotopic (exact) mass is 634 g/mol. The molecule has 0 radical (unpaired) electrons. The first-order chi connectivity index (χ1) is 20.5. The molecule has 0 N–H and O–H groups in total. The zero-order valence-corrected chi connectivity index (χ0v) is 25.6. The van der Waals surface area contributed by atoms with Gasteiger partial charge in [-0.3, -0.25) is 33.6 Å². The summed E-state index contributed by atoms with van der Waals surface area (Å²) in [6.07, 6.45) is -13.9. The Balaban J connectivity index is 2.66. The second-order valence-electron chi connectivity index (χ2n) is 10.00. The molecule has 0 aromatic heterocycles. The lowest BCUT2D eigenvalue weighted by Crippen LogP contribution is -2.66. The first-order valence-corrected chi connectivity index (χ1v) is 13.6. The lowest BCUT2D eigenvalue weighted by molar-refractivity contribution is -0.344. The van der Waals surface area contributed by atoms with Crippen LogP contribution in [0, 0.1) is 0 Å². The molecule has 17 nitrogen and oxygen atoms in total. The molecule has 2 saturated heterocycles. The van der Waals surface area contributed by atoms with Crippen LogP contribution in [0.25, 0.3) is 0 Å². The number of esters is 7. The van der Waals surface area contributed by atoms with E-state index in [-0.39, 0.29) is 0 Å². The Morgan fingerprint density at radius 2 is 0.818 bits per heavy atom. The SMILES string of the molecule is CC(=O)OCC1OC(C)C(OC(C)=O)C(OC(C)=O)C1OC1OC(COC(C)=O)C(OC(C)=O)C(OC(C)=O)C1OC(C)=O. The van der Waals surface area contributed by atoms with E-state index < -0.39 is 116 Å². The predicted octanol–water partition coefficient (Wildman–Crippen LogP) is -0.331. The summed E-state index contributed by atoms with van der Waals surface area (Å²) in [5.74, 6) is -5.54. The summed E-state index contributed by atoms with van der Waals surface area (Å²) in [4.78, 5) is 83.8. The molecule has 2 heterocycles. The van der Waals surface area contributed by atoms with Gasteiger partial charge in [-0.15, -0.1) is 0 Å². The molecule has 10 atom stereocenters. The van der Waals surface area contributed by atoms with Gasteiger partial charge in [0.25, 0.3) is 0 Å². The van der Waals surface area contributed by atoms with Crippen LogP contribution in [0.5, 0.6) is 0 Å². The van der Waals surface area contributed by atoms with Crippen molar-refractivity contribution in [3.05, 3.63) is 0 Å². The number of carbonyl (C=O) groups excluding carboxylic acids is 7. The third-order valence-electron chi connectivity index (χ3n) is 6.16. The molecule has 44 heavy (non-hydrogen) atoms. The van der Waals surface area contributed by atoms with Crippen LogP contribution < -0.4 is 0 Å². The fourth-order valence-corrected chi connectivity index (χ4v) is 4.73. The van der Waals surface area contributed by atoms with Gasteiger partial charge in [-0.25, -0.2) is 0 Å². The van der Waals surface area contributed by atoms with Gasteiger partial charge in [0.15, 0.2) is 36.8 Å². The smallest absolute Gasteiger partial charge is 0.303 e.